The number of piperazine rings is 1. The Hall–Kier alpha value is -3.23. The fourth-order valence-corrected chi connectivity index (χ4v) is 3.33. The Kier molecular flexibility index (Phi) is 4.82. The molecule has 9 nitrogen and oxygen atoms in total. The Morgan fingerprint density at radius 2 is 1.96 bits per heavy atom. The minimum Gasteiger partial charge on any atom is -0.353 e. The molecule has 0 radical (unpaired) electrons. The summed E-state index contributed by atoms with van der Waals surface area (Å²) >= 11 is 0. The fraction of sp³-hybridized carbons (Fsp3) is 0.389. The summed E-state index contributed by atoms with van der Waals surface area (Å²) in [6, 6.07) is 7.14. The van der Waals surface area contributed by atoms with Crippen molar-refractivity contribution in [3.8, 4) is 0 Å². The summed E-state index contributed by atoms with van der Waals surface area (Å²) in [6.45, 7) is 2.59. The maximum absolute atomic E-state index is 12.5. The lowest BCUT2D eigenvalue weighted by Gasteiger charge is -2.36. The van der Waals surface area contributed by atoms with E-state index < -0.39 is 0 Å². The number of hydrogen-bond donors (Lipinski definition) is 2. The molecular weight excluding hydrogens is 346 g/mol. The van der Waals surface area contributed by atoms with Crippen LogP contribution in [0.1, 0.15) is 12.8 Å². The average molecular weight is 367 g/mol. The van der Waals surface area contributed by atoms with Crippen molar-refractivity contribution in [3.63, 3.8) is 0 Å². The first kappa shape index (κ1) is 17.2. The Morgan fingerprint density at radius 1 is 1.11 bits per heavy atom. The molecule has 4 rings (SSSR count). The summed E-state index contributed by atoms with van der Waals surface area (Å²) in [5.74, 6) is 2.17. The van der Waals surface area contributed by atoms with Crippen LogP contribution in [0.4, 0.5) is 17.5 Å². The van der Waals surface area contributed by atoms with E-state index in [4.69, 9.17) is 0 Å². The van der Waals surface area contributed by atoms with Crippen LogP contribution in [0.3, 0.4) is 0 Å². The van der Waals surface area contributed by atoms with Crippen LogP contribution >= 0.6 is 0 Å². The number of aromatic nitrogens is 3. The predicted octanol–water partition coefficient (Wildman–Crippen LogP) is 0.542. The Labute approximate surface area is 156 Å². The van der Waals surface area contributed by atoms with E-state index in [1.807, 2.05) is 29.2 Å². The lowest BCUT2D eigenvalue weighted by atomic mass is 10.2. The molecule has 1 atom stereocenters. The molecular formula is C18H21N7O2. The first-order valence-corrected chi connectivity index (χ1v) is 9.02. The molecule has 2 fully saturated rings. The molecule has 2 aliphatic heterocycles. The molecule has 0 unspecified atom stereocenters. The van der Waals surface area contributed by atoms with Gasteiger partial charge in [-0.3, -0.25) is 9.59 Å². The second-order valence-corrected chi connectivity index (χ2v) is 6.57. The molecule has 2 saturated heterocycles. The van der Waals surface area contributed by atoms with Crippen molar-refractivity contribution in [2.75, 3.05) is 36.4 Å². The van der Waals surface area contributed by atoms with Crippen molar-refractivity contribution >= 4 is 29.3 Å². The highest BCUT2D eigenvalue weighted by molar-refractivity contribution is 5.90. The average Bonchev–Trinajstić information content (AvgIpc) is 3.15. The molecule has 0 spiro atoms. The summed E-state index contributed by atoms with van der Waals surface area (Å²) < 4.78 is 0. The number of hydrogen-bond acceptors (Lipinski definition) is 7. The van der Waals surface area contributed by atoms with Crippen molar-refractivity contribution in [2.24, 2.45) is 0 Å². The minimum atomic E-state index is -0.364. The third-order valence-corrected chi connectivity index (χ3v) is 4.78. The fourth-order valence-electron chi connectivity index (χ4n) is 3.33. The lowest BCUT2D eigenvalue weighted by Crippen LogP contribution is -2.53. The SMILES string of the molecule is O=C1CC[C@@H](C(=O)N2CCN(c3cc(Nc4ccccn4)ncn3)CC2)N1. The van der Waals surface area contributed by atoms with Gasteiger partial charge in [-0.05, 0) is 18.6 Å². The van der Waals surface area contributed by atoms with Crippen molar-refractivity contribution in [1.29, 1.82) is 0 Å². The number of pyridine rings is 1. The van der Waals surface area contributed by atoms with Gasteiger partial charge < -0.3 is 20.4 Å². The van der Waals surface area contributed by atoms with Gasteiger partial charge in [0.15, 0.2) is 0 Å². The molecule has 27 heavy (non-hydrogen) atoms. The van der Waals surface area contributed by atoms with E-state index in [0.717, 1.165) is 11.6 Å². The van der Waals surface area contributed by atoms with Crippen LogP contribution in [0.5, 0.6) is 0 Å². The quantitative estimate of drug-likeness (QED) is 0.813. The maximum atomic E-state index is 12.5. The molecule has 2 aromatic rings. The van der Waals surface area contributed by atoms with Gasteiger partial charge in [-0.25, -0.2) is 15.0 Å². The van der Waals surface area contributed by atoms with Crippen LogP contribution < -0.4 is 15.5 Å². The van der Waals surface area contributed by atoms with E-state index >= 15 is 0 Å². The van der Waals surface area contributed by atoms with Gasteiger partial charge >= 0.3 is 0 Å². The van der Waals surface area contributed by atoms with Crippen LogP contribution in [0.15, 0.2) is 36.8 Å². The molecule has 2 aromatic heterocycles. The van der Waals surface area contributed by atoms with Crippen LogP contribution in [0.2, 0.25) is 0 Å². The van der Waals surface area contributed by atoms with E-state index in [-0.39, 0.29) is 17.9 Å². The van der Waals surface area contributed by atoms with Crippen molar-refractivity contribution < 1.29 is 9.59 Å². The van der Waals surface area contributed by atoms with Crippen molar-refractivity contribution in [3.05, 3.63) is 36.8 Å². The highest BCUT2D eigenvalue weighted by Gasteiger charge is 2.32. The minimum absolute atomic E-state index is 0.0145. The summed E-state index contributed by atoms with van der Waals surface area (Å²) in [7, 11) is 0. The summed E-state index contributed by atoms with van der Waals surface area (Å²) in [5, 5.41) is 5.90. The van der Waals surface area contributed by atoms with E-state index in [0.29, 0.717) is 44.8 Å². The monoisotopic (exact) mass is 367 g/mol. The van der Waals surface area contributed by atoms with E-state index in [2.05, 4.69) is 30.5 Å². The van der Waals surface area contributed by atoms with Gasteiger partial charge in [0.2, 0.25) is 11.8 Å². The van der Waals surface area contributed by atoms with Crippen LogP contribution in [-0.2, 0) is 9.59 Å². The summed E-state index contributed by atoms with van der Waals surface area (Å²) in [5.41, 5.74) is 0. The van der Waals surface area contributed by atoms with Crippen molar-refractivity contribution in [2.45, 2.75) is 18.9 Å². The van der Waals surface area contributed by atoms with Crippen LogP contribution in [0.25, 0.3) is 0 Å². The van der Waals surface area contributed by atoms with Gasteiger partial charge in [-0.1, -0.05) is 6.07 Å². The van der Waals surface area contributed by atoms with Gasteiger partial charge in [-0.2, -0.15) is 0 Å². The molecule has 9 heteroatoms. The zero-order chi connectivity index (χ0) is 18.6. The van der Waals surface area contributed by atoms with Crippen LogP contribution in [0, 0.1) is 0 Å². The van der Waals surface area contributed by atoms with Gasteiger partial charge in [0.1, 0.15) is 29.8 Å². The zero-order valence-corrected chi connectivity index (χ0v) is 14.8. The Morgan fingerprint density at radius 3 is 2.67 bits per heavy atom. The number of carbonyl (C=O) groups is 2. The van der Waals surface area contributed by atoms with E-state index in [9.17, 15) is 9.59 Å². The molecule has 2 amide bonds. The molecule has 0 aliphatic carbocycles. The lowest BCUT2D eigenvalue weighted by molar-refractivity contribution is -0.134. The molecule has 4 heterocycles. The van der Waals surface area contributed by atoms with Crippen LogP contribution in [-0.4, -0.2) is 63.9 Å². The van der Waals surface area contributed by atoms with Gasteiger partial charge in [0.05, 0.1) is 0 Å². The van der Waals surface area contributed by atoms with E-state index in [1.54, 1.807) is 6.20 Å². The third kappa shape index (κ3) is 3.97. The first-order chi connectivity index (χ1) is 13.2. The highest BCUT2D eigenvalue weighted by Crippen LogP contribution is 2.19. The number of anilines is 3. The molecule has 0 saturated carbocycles. The smallest absolute Gasteiger partial charge is 0.245 e. The number of amides is 2. The highest BCUT2D eigenvalue weighted by atomic mass is 16.2. The molecule has 0 bridgehead atoms. The number of rotatable bonds is 4. The van der Waals surface area contributed by atoms with Crippen molar-refractivity contribution in [1.82, 2.24) is 25.2 Å². The second kappa shape index (κ2) is 7.56. The molecule has 0 aromatic carbocycles. The largest absolute Gasteiger partial charge is 0.353 e. The van der Waals surface area contributed by atoms with E-state index in [1.165, 1.54) is 6.33 Å². The standard InChI is InChI=1S/C18H21N7O2/c26-17-5-4-13(22-17)18(27)25-9-7-24(8-10-25)16-11-15(20-12-21-16)23-14-3-1-2-6-19-14/h1-3,6,11-13H,4-5,7-10H2,(H,22,26)(H,19,20,21,23)/t13-/m0/s1. The first-order valence-electron chi connectivity index (χ1n) is 9.02. The molecule has 140 valence electrons. The maximum Gasteiger partial charge on any atom is 0.245 e. The summed E-state index contributed by atoms with van der Waals surface area (Å²) in [6.07, 6.45) is 4.26. The number of nitrogens with zero attached hydrogens (tertiary/aromatic N) is 5. The molecule has 2 aliphatic rings. The Balaban J connectivity index is 1.36. The summed E-state index contributed by atoms with van der Waals surface area (Å²) in [4.78, 5) is 40.6. The van der Waals surface area contributed by atoms with Gasteiger partial charge in [0, 0.05) is 44.9 Å². The zero-order valence-electron chi connectivity index (χ0n) is 14.8. The second-order valence-electron chi connectivity index (χ2n) is 6.57. The molecule has 2 N–H and O–H groups in total. The number of carbonyl (C=O) groups excluding carboxylic acids is 2. The third-order valence-electron chi connectivity index (χ3n) is 4.78. The predicted molar refractivity (Wildman–Crippen MR) is 99.5 cm³/mol. The Bertz CT molecular complexity index is 821. The number of nitrogens with one attached hydrogen (secondary N) is 2. The van der Waals surface area contributed by atoms with Gasteiger partial charge in [0.25, 0.3) is 0 Å². The normalized spacial score (nSPS) is 19.7. The topological polar surface area (TPSA) is 103 Å². The van der Waals surface area contributed by atoms with Gasteiger partial charge in [-0.15, -0.1) is 0 Å².